The van der Waals surface area contributed by atoms with Crippen molar-refractivity contribution >= 4 is 21.4 Å². The number of hydrogen-bond donors (Lipinski definition) is 1. The van der Waals surface area contributed by atoms with Gasteiger partial charge < -0.3 is 5.11 Å². The van der Waals surface area contributed by atoms with E-state index in [1.807, 2.05) is 0 Å². The van der Waals surface area contributed by atoms with Crippen molar-refractivity contribution in [2.45, 2.75) is 31.6 Å². The molecule has 0 aliphatic carbocycles. The molecule has 0 spiro atoms. The summed E-state index contributed by atoms with van der Waals surface area (Å²) in [5.74, 6) is 0.0379. The maximum Gasteiger partial charge on any atom is 0.155 e. The molecule has 0 heterocycles. The van der Waals surface area contributed by atoms with E-state index >= 15 is 0 Å². The lowest BCUT2D eigenvalue weighted by Gasteiger charge is -2.21. The molecule has 0 bridgehead atoms. The standard InChI is InChI=1S/C12H17ClO3S/c1-3-11(17(15,16)4-2)12(14)9-5-7-10(13)8-6-9/h5-8,11-12,14H,3-4H2,1-2H3/t11-,12-/m1/s1. The molecular formula is C12H17ClO3S. The van der Waals surface area contributed by atoms with Crippen molar-refractivity contribution < 1.29 is 13.5 Å². The summed E-state index contributed by atoms with van der Waals surface area (Å²) in [5.41, 5.74) is 0.582. The zero-order chi connectivity index (χ0) is 13.1. The quantitative estimate of drug-likeness (QED) is 0.899. The third-order valence-corrected chi connectivity index (χ3v) is 5.40. The topological polar surface area (TPSA) is 54.4 Å². The predicted molar refractivity (Wildman–Crippen MR) is 70.0 cm³/mol. The van der Waals surface area contributed by atoms with Crippen LogP contribution in [-0.4, -0.2) is 24.5 Å². The van der Waals surface area contributed by atoms with Crippen LogP contribution in [0.5, 0.6) is 0 Å². The first-order valence-corrected chi connectivity index (χ1v) is 7.66. The minimum Gasteiger partial charge on any atom is -0.387 e. The summed E-state index contributed by atoms with van der Waals surface area (Å²) < 4.78 is 23.7. The van der Waals surface area contributed by atoms with Gasteiger partial charge in [0.1, 0.15) is 0 Å². The molecule has 1 aromatic carbocycles. The van der Waals surface area contributed by atoms with Crippen LogP contribution in [0.4, 0.5) is 0 Å². The van der Waals surface area contributed by atoms with Crippen LogP contribution in [0, 0.1) is 0 Å². The van der Waals surface area contributed by atoms with Crippen LogP contribution in [0.15, 0.2) is 24.3 Å². The number of aliphatic hydroxyl groups excluding tert-OH is 1. The highest BCUT2D eigenvalue weighted by atomic mass is 35.5. The van der Waals surface area contributed by atoms with E-state index in [1.165, 1.54) is 0 Å². The molecule has 1 aromatic rings. The number of aliphatic hydroxyl groups is 1. The van der Waals surface area contributed by atoms with Crippen LogP contribution in [-0.2, 0) is 9.84 Å². The molecule has 3 nitrogen and oxygen atoms in total. The number of halogens is 1. The van der Waals surface area contributed by atoms with Gasteiger partial charge in [0.05, 0.1) is 11.4 Å². The number of sulfone groups is 1. The second-order valence-corrected chi connectivity index (χ2v) is 6.84. The van der Waals surface area contributed by atoms with Crippen molar-refractivity contribution in [2.75, 3.05) is 5.75 Å². The molecule has 96 valence electrons. The molecule has 17 heavy (non-hydrogen) atoms. The SMILES string of the molecule is CC[C@H]([C@H](O)c1ccc(Cl)cc1)S(=O)(=O)CC. The van der Waals surface area contributed by atoms with E-state index in [4.69, 9.17) is 11.6 Å². The first kappa shape index (κ1) is 14.5. The van der Waals surface area contributed by atoms with Gasteiger partial charge in [0.2, 0.25) is 0 Å². The van der Waals surface area contributed by atoms with Gasteiger partial charge in [0.15, 0.2) is 9.84 Å². The van der Waals surface area contributed by atoms with Crippen molar-refractivity contribution in [3.8, 4) is 0 Å². The normalized spacial score (nSPS) is 15.5. The lowest BCUT2D eigenvalue weighted by molar-refractivity contribution is 0.169. The van der Waals surface area contributed by atoms with Crippen molar-refractivity contribution in [3.63, 3.8) is 0 Å². The molecule has 0 aromatic heterocycles. The maximum atomic E-state index is 11.8. The van der Waals surface area contributed by atoms with Gasteiger partial charge in [-0.25, -0.2) is 8.42 Å². The van der Waals surface area contributed by atoms with Gasteiger partial charge in [-0.2, -0.15) is 0 Å². The van der Waals surface area contributed by atoms with Gasteiger partial charge in [-0.3, -0.25) is 0 Å². The first-order chi connectivity index (χ1) is 7.92. The minimum absolute atomic E-state index is 0.0379. The number of benzene rings is 1. The van der Waals surface area contributed by atoms with Crippen molar-refractivity contribution in [3.05, 3.63) is 34.9 Å². The van der Waals surface area contributed by atoms with E-state index in [0.717, 1.165) is 0 Å². The van der Waals surface area contributed by atoms with Crippen LogP contribution in [0.25, 0.3) is 0 Å². The van der Waals surface area contributed by atoms with Gasteiger partial charge in [0.25, 0.3) is 0 Å². The average Bonchev–Trinajstić information content (AvgIpc) is 2.30. The summed E-state index contributed by atoms with van der Waals surface area (Å²) in [4.78, 5) is 0. The Balaban J connectivity index is 3.02. The molecule has 0 saturated heterocycles. The first-order valence-electron chi connectivity index (χ1n) is 5.57. The zero-order valence-electron chi connectivity index (χ0n) is 9.93. The summed E-state index contributed by atoms with van der Waals surface area (Å²) in [6.45, 7) is 3.35. The molecule has 2 atom stereocenters. The van der Waals surface area contributed by atoms with E-state index in [1.54, 1.807) is 38.1 Å². The highest BCUT2D eigenvalue weighted by molar-refractivity contribution is 7.92. The Labute approximate surface area is 107 Å². The van der Waals surface area contributed by atoms with Crippen LogP contribution < -0.4 is 0 Å². The predicted octanol–water partition coefficient (Wildman–Crippen LogP) is 2.59. The Morgan fingerprint density at radius 2 is 1.76 bits per heavy atom. The minimum atomic E-state index is -3.25. The highest BCUT2D eigenvalue weighted by Gasteiger charge is 2.30. The second-order valence-electron chi connectivity index (χ2n) is 3.89. The highest BCUT2D eigenvalue weighted by Crippen LogP contribution is 2.26. The van der Waals surface area contributed by atoms with E-state index in [2.05, 4.69) is 0 Å². The van der Waals surface area contributed by atoms with E-state index in [9.17, 15) is 13.5 Å². The molecule has 0 aliphatic rings. The molecule has 0 aliphatic heterocycles. The Hall–Kier alpha value is -0.580. The number of rotatable bonds is 5. The Morgan fingerprint density at radius 3 is 2.18 bits per heavy atom. The van der Waals surface area contributed by atoms with Crippen LogP contribution in [0.3, 0.4) is 0 Å². The lowest BCUT2D eigenvalue weighted by Crippen LogP contribution is -2.29. The van der Waals surface area contributed by atoms with Gasteiger partial charge in [-0.1, -0.05) is 37.6 Å². The molecule has 1 rings (SSSR count). The second kappa shape index (κ2) is 5.85. The number of hydrogen-bond acceptors (Lipinski definition) is 3. The Morgan fingerprint density at radius 1 is 1.24 bits per heavy atom. The lowest BCUT2D eigenvalue weighted by atomic mass is 10.1. The molecule has 5 heteroatoms. The van der Waals surface area contributed by atoms with Crippen LogP contribution in [0.2, 0.25) is 5.02 Å². The van der Waals surface area contributed by atoms with Gasteiger partial charge in [-0.15, -0.1) is 0 Å². The molecule has 0 unspecified atom stereocenters. The molecule has 0 saturated carbocycles. The van der Waals surface area contributed by atoms with E-state index in [0.29, 0.717) is 17.0 Å². The fourth-order valence-corrected chi connectivity index (χ4v) is 3.37. The van der Waals surface area contributed by atoms with Gasteiger partial charge in [0, 0.05) is 10.8 Å². The van der Waals surface area contributed by atoms with E-state index < -0.39 is 21.2 Å². The van der Waals surface area contributed by atoms with Crippen molar-refractivity contribution in [1.29, 1.82) is 0 Å². The molecule has 0 radical (unpaired) electrons. The van der Waals surface area contributed by atoms with Crippen LogP contribution >= 0.6 is 11.6 Å². The third-order valence-electron chi connectivity index (χ3n) is 2.83. The zero-order valence-corrected chi connectivity index (χ0v) is 11.5. The summed E-state index contributed by atoms with van der Waals surface area (Å²) in [5, 5.41) is 9.92. The maximum absolute atomic E-state index is 11.8. The summed E-state index contributed by atoms with van der Waals surface area (Å²) in [7, 11) is -3.25. The van der Waals surface area contributed by atoms with Crippen molar-refractivity contribution in [1.82, 2.24) is 0 Å². The monoisotopic (exact) mass is 276 g/mol. The van der Waals surface area contributed by atoms with Gasteiger partial charge in [-0.05, 0) is 24.1 Å². The molecule has 0 fully saturated rings. The fourth-order valence-electron chi connectivity index (χ4n) is 1.76. The summed E-state index contributed by atoms with van der Waals surface area (Å²) in [6, 6.07) is 6.60. The summed E-state index contributed by atoms with van der Waals surface area (Å²) in [6.07, 6.45) is -0.609. The van der Waals surface area contributed by atoms with Gasteiger partial charge >= 0.3 is 0 Å². The Kier molecular flexibility index (Phi) is 4.98. The smallest absolute Gasteiger partial charge is 0.155 e. The molecule has 1 N–H and O–H groups in total. The molecule has 0 amide bonds. The van der Waals surface area contributed by atoms with Crippen molar-refractivity contribution in [2.24, 2.45) is 0 Å². The Bertz CT molecular complexity index is 453. The molecular weight excluding hydrogens is 260 g/mol. The fraction of sp³-hybridized carbons (Fsp3) is 0.500. The largest absolute Gasteiger partial charge is 0.387 e. The summed E-state index contributed by atoms with van der Waals surface area (Å²) >= 11 is 5.75. The third kappa shape index (κ3) is 3.44. The average molecular weight is 277 g/mol. The van der Waals surface area contributed by atoms with E-state index in [-0.39, 0.29) is 5.75 Å². The van der Waals surface area contributed by atoms with Crippen LogP contribution in [0.1, 0.15) is 31.9 Å².